The molecule has 0 atom stereocenters. The van der Waals surface area contributed by atoms with Gasteiger partial charge in [-0.1, -0.05) is 60.2 Å². The number of nitrogens with zero attached hydrogens (tertiary/aromatic N) is 3. The van der Waals surface area contributed by atoms with Gasteiger partial charge in [-0.05, 0) is 43.2 Å². The summed E-state index contributed by atoms with van der Waals surface area (Å²) in [6.45, 7) is 6.85. The molecule has 0 aliphatic carbocycles. The number of rotatable bonds is 6. The van der Waals surface area contributed by atoms with Crippen LogP contribution in [0, 0.1) is 13.8 Å². The number of sulfone groups is 1. The zero-order valence-corrected chi connectivity index (χ0v) is 21.5. The molecular formula is C29H31N3O3S. The predicted octanol–water partition coefficient (Wildman–Crippen LogP) is 4.58. The molecule has 0 N–H and O–H groups in total. The summed E-state index contributed by atoms with van der Waals surface area (Å²) >= 11 is 0. The fourth-order valence-corrected chi connectivity index (χ4v) is 6.60. The Balaban J connectivity index is 1.36. The van der Waals surface area contributed by atoms with Gasteiger partial charge >= 0.3 is 0 Å². The summed E-state index contributed by atoms with van der Waals surface area (Å²) in [6, 6.07) is 23.5. The molecule has 0 radical (unpaired) electrons. The van der Waals surface area contributed by atoms with Crippen LogP contribution in [0.4, 0.5) is 5.69 Å². The number of amides is 1. The first-order valence-electron chi connectivity index (χ1n) is 12.3. The molecule has 36 heavy (non-hydrogen) atoms. The van der Waals surface area contributed by atoms with E-state index in [1.807, 2.05) is 79.4 Å². The van der Waals surface area contributed by atoms with Crippen LogP contribution in [0.3, 0.4) is 0 Å². The van der Waals surface area contributed by atoms with Crippen molar-refractivity contribution in [2.75, 3.05) is 31.1 Å². The number of fused-ring (bicyclic) bond motifs is 1. The van der Waals surface area contributed by atoms with Gasteiger partial charge in [-0.25, -0.2) is 8.42 Å². The third-order valence-electron chi connectivity index (χ3n) is 7.00. The predicted molar refractivity (Wildman–Crippen MR) is 144 cm³/mol. The van der Waals surface area contributed by atoms with Gasteiger partial charge < -0.3 is 14.4 Å². The minimum atomic E-state index is -3.61. The number of carbonyl (C=O) groups excluding carboxylic acids is 1. The van der Waals surface area contributed by atoms with Crippen LogP contribution in [0.15, 0.2) is 83.9 Å². The lowest BCUT2D eigenvalue weighted by Crippen LogP contribution is -2.49. The van der Waals surface area contributed by atoms with Crippen LogP contribution in [-0.4, -0.2) is 50.0 Å². The van der Waals surface area contributed by atoms with Crippen LogP contribution in [0.2, 0.25) is 0 Å². The first-order valence-corrected chi connectivity index (χ1v) is 13.9. The summed E-state index contributed by atoms with van der Waals surface area (Å²) < 4.78 is 28.9. The van der Waals surface area contributed by atoms with E-state index in [1.54, 1.807) is 10.8 Å². The Morgan fingerprint density at radius 2 is 1.56 bits per heavy atom. The smallest absolute Gasteiger partial charge is 0.242 e. The van der Waals surface area contributed by atoms with Crippen molar-refractivity contribution in [3.8, 4) is 0 Å². The highest BCUT2D eigenvalue weighted by atomic mass is 32.2. The van der Waals surface area contributed by atoms with E-state index < -0.39 is 9.84 Å². The zero-order chi connectivity index (χ0) is 25.3. The topological polar surface area (TPSA) is 62.6 Å². The van der Waals surface area contributed by atoms with E-state index in [0.29, 0.717) is 18.5 Å². The maximum atomic E-state index is 13.5. The molecule has 1 aromatic heterocycles. The van der Waals surface area contributed by atoms with E-state index >= 15 is 0 Å². The van der Waals surface area contributed by atoms with Gasteiger partial charge in [-0.2, -0.15) is 0 Å². The molecule has 1 aliphatic rings. The molecule has 1 aliphatic heterocycles. The van der Waals surface area contributed by atoms with E-state index in [4.69, 9.17) is 0 Å². The van der Waals surface area contributed by atoms with Gasteiger partial charge in [-0.3, -0.25) is 4.79 Å². The molecule has 0 unspecified atom stereocenters. The number of hydrogen-bond acceptors (Lipinski definition) is 4. The molecule has 186 valence electrons. The first-order chi connectivity index (χ1) is 17.3. The van der Waals surface area contributed by atoms with Crippen molar-refractivity contribution in [3.05, 3.63) is 95.7 Å². The molecule has 5 rings (SSSR count). The highest BCUT2D eigenvalue weighted by Crippen LogP contribution is 2.29. The summed E-state index contributed by atoms with van der Waals surface area (Å²) in [5.41, 5.74) is 4.72. The lowest BCUT2D eigenvalue weighted by molar-refractivity contribution is -0.132. The van der Waals surface area contributed by atoms with Crippen molar-refractivity contribution in [3.63, 3.8) is 0 Å². The minimum Gasteiger partial charge on any atom is -0.368 e. The maximum absolute atomic E-state index is 13.5. The average molecular weight is 502 g/mol. The molecule has 1 saturated heterocycles. The molecule has 7 heteroatoms. The number of carbonyl (C=O) groups is 1. The van der Waals surface area contributed by atoms with Crippen molar-refractivity contribution in [2.24, 2.45) is 0 Å². The van der Waals surface area contributed by atoms with Gasteiger partial charge in [0.2, 0.25) is 5.91 Å². The fourth-order valence-electron chi connectivity index (χ4n) is 4.93. The second kappa shape index (κ2) is 9.82. The molecule has 3 aromatic carbocycles. The Labute approximate surface area is 212 Å². The molecule has 0 bridgehead atoms. The number of hydrogen-bond donors (Lipinski definition) is 0. The summed E-state index contributed by atoms with van der Waals surface area (Å²) in [4.78, 5) is 17.7. The molecule has 0 saturated carbocycles. The third kappa shape index (κ3) is 4.88. The number of aromatic nitrogens is 1. The fraction of sp³-hybridized carbons (Fsp3) is 0.276. The van der Waals surface area contributed by atoms with Crippen LogP contribution in [0.1, 0.15) is 16.7 Å². The van der Waals surface area contributed by atoms with Crippen molar-refractivity contribution in [1.82, 2.24) is 9.47 Å². The second-order valence-electron chi connectivity index (χ2n) is 9.53. The quantitative estimate of drug-likeness (QED) is 0.388. The normalized spacial score (nSPS) is 14.4. The van der Waals surface area contributed by atoms with E-state index in [1.165, 1.54) is 5.69 Å². The molecule has 1 fully saturated rings. The average Bonchev–Trinajstić information content (AvgIpc) is 3.26. The number of para-hydroxylation sites is 2. The number of anilines is 1. The summed E-state index contributed by atoms with van der Waals surface area (Å²) in [7, 11) is -3.61. The van der Waals surface area contributed by atoms with E-state index in [-0.39, 0.29) is 23.1 Å². The standard InChI is InChI=1S/C29H31N3O3S/c1-22-12-13-23(2)24(18-22)21-36(34,35)28-19-32(27-11-7-6-10-26(27)28)20-29(33)31-16-14-30(15-17-31)25-8-4-3-5-9-25/h3-13,18-19H,14-17,20-21H2,1-2H3. The van der Waals surface area contributed by atoms with Crippen LogP contribution in [-0.2, 0) is 26.9 Å². The van der Waals surface area contributed by atoms with Crippen LogP contribution in [0.5, 0.6) is 0 Å². The summed E-state index contributed by atoms with van der Waals surface area (Å²) in [6.07, 6.45) is 1.64. The van der Waals surface area contributed by atoms with Crippen LogP contribution >= 0.6 is 0 Å². The molecule has 1 amide bonds. The molecule has 6 nitrogen and oxygen atoms in total. The summed E-state index contributed by atoms with van der Waals surface area (Å²) in [5.74, 6) is -0.0638. The van der Waals surface area contributed by atoms with Gasteiger partial charge in [0.1, 0.15) is 6.54 Å². The van der Waals surface area contributed by atoms with Crippen molar-refractivity contribution in [1.29, 1.82) is 0 Å². The molecule has 4 aromatic rings. The van der Waals surface area contributed by atoms with E-state index in [2.05, 4.69) is 17.0 Å². The largest absolute Gasteiger partial charge is 0.368 e. The SMILES string of the molecule is Cc1ccc(C)c(CS(=O)(=O)c2cn(CC(=O)N3CCN(c4ccccc4)CC3)c3ccccc23)c1. The second-order valence-corrected chi connectivity index (χ2v) is 11.5. The summed E-state index contributed by atoms with van der Waals surface area (Å²) in [5, 5.41) is 0.657. The third-order valence-corrected chi connectivity index (χ3v) is 8.68. The number of aryl methyl sites for hydroxylation is 2. The number of piperazine rings is 1. The Hall–Kier alpha value is -3.58. The molecule has 2 heterocycles. The van der Waals surface area contributed by atoms with Crippen molar-refractivity contribution >= 4 is 32.3 Å². The number of benzene rings is 3. The van der Waals surface area contributed by atoms with Gasteiger partial charge in [-0.15, -0.1) is 0 Å². The molecule has 0 spiro atoms. The maximum Gasteiger partial charge on any atom is 0.242 e. The Morgan fingerprint density at radius 3 is 2.31 bits per heavy atom. The van der Waals surface area contributed by atoms with Gasteiger partial charge in [0.05, 0.1) is 10.6 Å². The Morgan fingerprint density at radius 1 is 0.861 bits per heavy atom. The van der Waals surface area contributed by atoms with Crippen LogP contribution in [0.25, 0.3) is 10.9 Å². The lowest BCUT2D eigenvalue weighted by atomic mass is 10.1. The van der Waals surface area contributed by atoms with E-state index in [9.17, 15) is 13.2 Å². The van der Waals surface area contributed by atoms with E-state index in [0.717, 1.165) is 35.3 Å². The molecular weight excluding hydrogens is 470 g/mol. The lowest BCUT2D eigenvalue weighted by Gasteiger charge is -2.36. The first kappa shape index (κ1) is 24.1. The minimum absolute atomic E-state index is 0.00180. The Kier molecular flexibility index (Phi) is 6.58. The van der Waals surface area contributed by atoms with Crippen molar-refractivity contribution in [2.45, 2.75) is 31.0 Å². The highest BCUT2D eigenvalue weighted by molar-refractivity contribution is 7.90. The zero-order valence-electron chi connectivity index (χ0n) is 20.7. The highest BCUT2D eigenvalue weighted by Gasteiger charge is 2.25. The van der Waals surface area contributed by atoms with Crippen molar-refractivity contribution < 1.29 is 13.2 Å². The van der Waals surface area contributed by atoms with Gasteiger partial charge in [0.25, 0.3) is 0 Å². The van der Waals surface area contributed by atoms with Crippen LogP contribution < -0.4 is 4.90 Å². The van der Waals surface area contributed by atoms with Gasteiger partial charge in [0.15, 0.2) is 9.84 Å². The van der Waals surface area contributed by atoms with Gasteiger partial charge in [0, 0.05) is 49.0 Å². The monoisotopic (exact) mass is 501 g/mol. The Bertz CT molecular complexity index is 1500.